The predicted octanol–water partition coefficient (Wildman–Crippen LogP) is 3.99. The lowest BCUT2D eigenvalue weighted by Crippen LogP contribution is -2.35. The van der Waals surface area contributed by atoms with Crippen molar-refractivity contribution in [1.29, 1.82) is 0 Å². The monoisotopic (exact) mass is 476 g/mol. The number of phenols is 1. The van der Waals surface area contributed by atoms with Gasteiger partial charge in [0.05, 0.1) is 23.3 Å². The van der Waals surface area contributed by atoms with E-state index in [9.17, 15) is 24.8 Å². The topological polar surface area (TPSA) is 139 Å². The molecule has 10 nitrogen and oxygen atoms in total. The molecule has 10 heteroatoms. The molecule has 1 aliphatic heterocycles. The van der Waals surface area contributed by atoms with Crippen LogP contribution in [0, 0.1) is 15.5 Å². The fourth-order valence-electron chi connectivity index (χ4n) is 5.06. The summed E-state index contributed by atoms with van der Waals surface area (Å²) in [5, 5.41) is 28.4. The predicted molar refractivity (Wildman–Crippen MR) is 128 cm³/mol. The number of nitrogens with zero attached hydrogens (tertiary/aromatic N) is 2. The Kier molecular flexibility index (Phi) is 5.04. The summed E-state index contributed by atoms with van der Waals surface area (Å²) >= 11 is 0. The van der Waals surface area contributed by atoms with E-state index in [4.69, 9.17) is 4.74 Å². The Morgan fingerprint density at radius 2 is 1.89 bits per heavy atom. The molecule has 0 amide bonds. The van der Waals surface area contributed by atoms with Crippen LogP contribution in [0.4, 0.5) is 11.5 Å². The number of aromatic amines is 1. The minimum absolute atomic E-state index is 0.112. The third-order valence-electron chi connectivity index (χ3n) is 6.54. The maximum Gasteiger partial charge on any atom is 0.314 e. The Morgan fingerprint density at radius 3 is 2.54 bits per heavy atom. The number of anilines is 1. The summed E-state index contributed by atoms with van der Waals surface area (Å²) in [6.45, 7) is 3.99. The molecule has 1 unspecified atom stereocenters. The van der Waals surface area contributed by atoms with Crippen LogP contribution in [0.1, 0.15) is 43.7 Å². The first-order valence-corrected chi connectivity index (χ1v) is 11.1. The van der Waals surface area contributed by atoms with Crippen molar-refractivity contribution in [2.75, 3.05) is 12.4 Å². The van der Waals surface area contributed by atoms with E-state index in [0.717, 1.165) is 0 Å². The normalized spacial score (nSPS) is 18.5. The first-order valence-electron chi connectivity index (χ1n) is 11.1. The molecule has 2 heterocycles. The summed E-state index contributed by atoms with van der Waals surface area (Å²) in [4.78, 5) is 38.1. The van der Waals surface area contributed by atoms with E-state index in [1.165, 1.54) is 23.9 Å². The first-order chi connectivity index (χ1) is 16.6. The summed E-state index contributed by atoms with van der Waals surface area (Å²) in [6, 6.07) is 11.6. The molecule has 0 bridgehead atoms. The second-order valence-electron chi connectivity index (χ2n) is 9.62. The van der Waals surface area contributed by atoms with Crippen LogP contribution in [0.3, 0.4) is 0 Å². The first kappa shape index (κ1) is 22.5. The number of nitrogens with one attached hydrogen (secondary N) is 2. The highest BCUT2D eigenvalue weighted by molar-refractivity contribution is 6.01. The van der Waals surface area contributed by atoms with Gasteiger partial charge in [0.2, 0.25) is 5.75 Å². The van der Waals surface area contributed by atoms with Gasteiger partial charge in [-0.1, -0.05) is 32.0 Å². The zero-order valence-corrected chi connectivity index (χ0v) is 19.4. The molecule has 0 radical (unpaired) electrons. The van der Waals surface area contributed by atoms with Gasteiger partial charge in [0, 0.05) is 29.7 Å². The fraction of sp³-hybridized carbons (Fsp3) is 0.280. The highest BCUT2D eigenvalue weighted by atomic mass is 16.6. The van der Waals surface area contributed by atoms with Crippen molar-refractivity contribution in [2.45, 2.75) is 32.6 Å². The Balaban J connectivity index is 1.80. The molecule has 1 aliphatic carbocycles. The number of fused-ring (bicyclic) bond motifs is 1. The lowest BCUT2D eigenvalue weighted by Gasteiger charge is -2.37. The Hall–Kier alpha value is -4.34. The maximum absolute atomic E-state index is 13.7. The third-order valence-corrected chi connectivity index (χ3v) is 6.54. The van der Waals surface area contributed by atoms with E-state index in [1.807, 2.05) is 19.9 Å². The van der Waals surface area contributed by atoms with E-state index >= 15 is 0 Å². The number of aromatic nitrogens is 2. The minimum Gasteiger partial charge on any atom is -0.500 e. The van der Waals surface area contributed by atoms with E-state index in [1.54, 1.807) is 24.3 Å². The van der Waals surface area contributed by atoms with E-state index in [-0.39, 0.29) is 34.5 Å². The Bertz CT molecular complexity index is 1470. The largest absolute Gasteiger partial charge is 0.500 e. The number of nitro groups is 1. The summed E-state index contributed by atoms with van der Waals surface area (Å²) in [5.74, 6) is -1.33. The standard InChI is InChI=1S/C25H24N4O6/c1-25(2)11-15-20(17(30)12-25)19(13-9-16(29(33)34)22(31)18(10-13)35-3)21-23(26-15)27-28(24(21)32)14-7-5-4-6-8-14/h4-10,19,26-27,31H,11-12H2,1-3H3. The van der Waals surface area contributed by atoms with Crippen molar-refractivity contribution < 1.29 is 19.6 Å². The second-order valence-corrected chi connectivity index (χ2v) is 9.62. The number of hydrogen-bond donors (Lipinski definition) is 3. The number of ether oxygens (including phenoxy) is 1. The highest BCUT2D eigenvalue weighted by Gasteiger charge is 2.43. The van der Waals surface area contributed by atoms with Crippen molar-refractivity contribution in [3.05, 3.63) is 85.3 Å². The molecule has 1 atom stereocenters. The lowest BCUT2D eigenvalue weighted by atomic mass is 9.69. The van der Waals surface area contributed by atoms with Crippen LogP contribution < -0.4 is 15.6 Å². The molecule has 3 aromatic rings. The second kappa shape index (κ2) is 7.86. The fourth-order valence-corrected chi connectivity index (χ4v) is 5.06. The molecule has 1 aromatic heterocycles. The summed E-state index contributed by atoms with van der Waals surface area (Å²) in [5.41, 5.74) is 0.994. The van der Waals surface area contributed by atoms with Crippen LogP contribution in [0.15, 0.2) is 58.5 Å². The average molecular weight is 476 g/mol. The molecule has 0 spiro atoms. The molecule has 0 saturated carbocycles. The average Bonchev–Trinajstić information content (AvgIpc) is 3.13. The van der Waals surface area contributed by atoms with Crippen LogP contribution in [0.25, 0.3) is 5.69 Å². The molecule has 35 heavy (non-hydrogen) atoms. The van der Waals surface area contributed by atoms with E-state index in [0.29, 0.717) is 34.8 Å². The van der Waals surface area contributed by atoms with Crippen molar-refractivity contribution in [3.63, 3.8) is 0 Å². The number of phenolic OH excluding ortho intramolecular Hbond substituents is 1. The number of benzene rings is 2. The van der Waals surface area contributed by atoms with Gasteiger partial charge in [-0.25, -0.2) is 4.68 Å². The number of para-hydroxylation sites is 1. The van der Waals surface area contributed by atoms with Crippen LogP contribution in [-0.2, 0) is 4.79 Å². The number of rotatable bonds is 4. The number of carbonyl (C=O) groups is 1. The number of H-pyrrole nitrogens is 1. The zero-order valence-electron chi connectivity index (χ0n) is 19.4. The van der Waals surface area contributed by atoms with Crippen LogP contribution in [0.2, 0.25) is 0 Å². The van der Waals surface area contributed by atoms with E-state index in [2.05, 4.69) is 10.4 Å². The van der Waals surface area contributed by atoms with Crippen LogP contribution in [-0.4, -0.2) is 32.7 Å². The summed E-state index contributed by atoms with van der Waals surface area (Å²) in [7, 11) is 1.29. The molecule has 180 valence electrons. The van der Waals surface area contributed by atoms with Crippen LogP contribution >= 0.6 is 0 Å². The van der Waals surface area contributed by atoms with E-state index < -0.39 is 22.3 Å². The number of hydrogen-bond acceptors (Lipinski definition) is 7. The number of aromatic hydroxyl groups is 1. The smallest absolute Gasteiger partial charge is 0.314 e. The molecule has 2 aromatic carbocycles. The molecular weight excluding hydrogens is 452 g/mol. The highest BCUT2D eigenvalue weighted by Crippen LogP contribution is 2.50. The Morgan fingerprint density at radius 1 is 1.17 bits per heavy atom. The summed E-state index contributed by atoms with van der Waals surface area (Å²) in [6.07, 6.45) is 0.827. The molecule has 5 rings (SSSR count). The third kappa shape index (κ3) is 3.58. The number of carbonyl (C=O) groups excluding carboxylic acids is 1. The number of allylic oxidation sites excluding steroid dienone is 2. The van der Waals surface area contributed by atoms with Gasteiger partial charge in [-0.05, 0) is 35.6 Å². The van der Waals surface area contributed by atoms with Crippen molar-refractivity contribution in [1.82, 2.24) is 9.78 Å². The molecule has 0 fully saturated rings. The van der Waals surface area contributed by atoms with Gasteiger partial charge in [0.15, 0.2) is 11.5 Å². The lowest BCUT2D eigenvalue weighted by molar-refractivity contribution is -0.386. The number of methoxy groups -OCH3 is 1. The summed E-state index contributed by atoms with van der Waals surface area (Å²) < 4.78 is 6.57. The van der Waals surface area contributed by atoms with Gasteiger partial charge in [0.1, 0.15) is 5.82 Å². The minimum atomic E-state index is -0.883. The van der Waals surface area contributed by atoms with Gasteiger partial charge in [-0.3, -0.25) is 24.8 Å². The molecule has 3 N–H and O–H groups in total. The number of Topliss-reactive ketones (excluding diaryl/α,β-unsaturated/α-hetero) is 1. The van der Waals surface area contributed by atoms with Crippen molar-refractivity contribution in [3.8, 4) is 17.2 Å². The quantitative estimate of drug-likeness (QED) is 0.382. The van der Waals surface area contributed by atoms with Gasteiger partial charge >= 0.3 is 5.69 Å². The van der Waals surface area contributed by atoms with Gasteiger partial charge < -0.3 is 15.2 Å². The molecule has 0 saturated heterocycles. The van der Waals surface area contributed by atoms with Gasteiger partial charge in [0.25, 0.3) is 5.56 Å². The van der Waals surface area contributed by atoms with Crippen molar-refractivity contribution in [2.24, 2.45) is 5.41 Å². The molecule has 2 aliphatic rings. The number of nitro benzene ring substituents is 1. The van der Waals surface area contributed by atoms with Gasteiger partial charge in [-0.15, -0.1) is 0 Å². The number of ketones is 1. The van der Waals surface area contributed by atoms with Crippen LogP contribution in [0.5, 0.6) is 11.5 Å². The Labute approximate surface area is 200 Å². The SMILES string of the molecule is COc1cc(C2C3=C(CC(C)(C)CC3=O)Nc3[nH]n(-c4ccccc4)c(=O)c32)cc([N+](=O)[O-])c1O. The maximum atomic E-state index is 13.7. The van der Waals surface area contributed by atoms with Crippen molar-refractivity contribution >= 4 is 17.3 Å². The molecular formula is C25H24N4O6. The van der Waals surface area contributed by atoms with Gasteiger partial charge in [-0.2, -0.15) is 0 Å². The zero-order chi connectivity index (χ0) is 25.1.